The third kappa shape index (κ3) is 4.00. The van der Waals surface area contributed by atoms with Crippen LogP contribution in [0.25, 0.3) is 0 Å². The zero-order valence-corrected chi connectivity index (χ0v) is 13.4. The fraction of sp³-hybridized carbons (Fsp3) is 0.375. The second kappa shape index (κ2) is 7.49. The minimum absolute atomic E-state index is 0.356. The van der Waals surface area contributed by atoms with E-state index >= 15 is 0 Å². The highest BCUT2D eigenvalue weighted by Crippen LogP contribution is 2.30. The van der Waals surface area contributed by atoms with Gasteiger partial charge in [-0.25, -0.2) is 4.98 Å². The first-order chi connectivity index (χ1) is 10.7. The van der Waals surface area contributed by atoms with Crippen molar-refractivity contribution >= 4 is 17.5 Å². The largest absolute Gasteiger partial charge is 0.497 e. The topological polar surface area (TPSA) is 68.3 Å². The summed E-state index contributed by atoms with van der Waals surface area (Å²) in [4.78, 5) is 8.70. The maximum atomic E-state index is 5.34. The SMILES string of the molecule is CCC(C)Nc1ccnc(Nc2cc(OC)ccc2OC)n1. The molecule has 1 unspecified atom stereocenters. The second-order valence-electron chi connectivity index (χ2n) is 4.91. The Bertz CT molecular complexity index is 619. The van der Waals surface area contributed by atoms with Crippen LogP contribution >= 0.6 is 0 Å². The number of benzene rings is 1. The Balaban J connectivity index is 2.21. The summed E-state index contributed by atoms with van der Waals surface area (Å²) < 4.78 is 10.6. The van der Waals surface area contributed by atoms with Crippen LogP contribution in [0, 0.1) is 0 Å². The molecular formula is C16H22N4O2. The normalized spacial score (nSPS) is 11.6. The molecule has 1 atom stereocenters. The second-order valence-corrected chi connectivity index (χ2v) is 4.91. The highest BCUT2D eigenvalue weighted by Gasteiger charge is 2.08. The summed E-state index contributed by atoms with van der Waals surface area (Å²) >= 11 is 0. The Labute approximate surface area is 130 Å². The summed E-state index contributed by atoms with van der Waals surface area (Å²) in [6, 6.07) is 7.72. The van der Waals surface area contributed by atoms with Gasteiger partial charge in [-0.05, 0) is 31.5 Å². The van der Waals surface area contributed by atoms with Gasteiger partial charge < -0.3 is 20.1 Å². The first-order valence-corrected chi connectivity index (χ1v) is 7.25. The molecule has 0 aliphatic carbocycles. The maximum Gasteiger partial charge on any atom is 0.229 e. The third-order valence-corrected chi connectivity index (χ3v) is 3.32. The molecule has 0 aliphatic heterocycles. The first-order valence-electron chi connectivity index (χ1n) is 7.25. The molecule has 0 fully saturated rings. The molecule has 0 saturated carbocycles. The van der Waals surface area contributed by atoms with Crippen molar-refractivity contribution in [3.63, 3.8) is 0 Å². The van der Waals surface area contributed by atoms with Crippen molar-refractivity contribution in [3.05, 3.63) is 30.5 Å². The predicted molar refractivity (Wildman–Crippen MR) is 88.2 cm³/mol. The molecular weight excluding hydrogens is 280 g/mol. The molecule has 2 aromatic rings. The molecule has 0 spiro atoms. The van der Waals surface area contributed by atoms with Gasteiger partial charge in [0.2, 0.25) is 5.95 Å². The molecule has 0 amide bonds. The van der Waals surface area contributed by atoms with E-state index in [0.717, 1.165) is 23.7 Å². The van der Waals surface area contributed by atoms with Gasteiger partial charge in [0.15, 0.2) is 0 Å². The van der Waals surface area contributed by atoms with Crippen LogP contribution in [-0.4, -0.2) is 30.2 Å². The molecule has 0 radical (unpaired) electrons. The molecule has 1 aromatic carbocycles. The number of nitrogens with zero attached hydrogens (tertiary/aromatic N) is 2. The van der Waals surface area contributed by atoms with E-state index in [2.05, 4.69) is 34.4 Å². The number of anilines is 3. The number of rotatable bonds is 7. The van der Waals surface area contributed by atoms with Crippen molar-refractivity contribution in [1.29, 1.82) is 0 Å². The average molecular weight is 302 g/mol. The Morgan fingerprint density at radius 3 is 2.68 bits per heavy atom. The lowest BCUT2D eigenvalue weighted by Crippen LogP contribution is -2.15. The Hall–Kier alpha value is -2.50. The molecule has 22 heavy (non-hydrogen) atoms. The van der Waals surface area contributed by atoms with Crippen LogP contribution in [0.3, 0.4) is 0 Å². The molecule has 2 rings (SSSR count). The molecule has 1 heterocycles. The van der Waals surface area contributed by atoms with Crippen LogP contribution in [-0.2, 0) is 0 Å². The van der Waals surface area contributed by atoms with Crippen LogP contribution in [0.15, 0.2) is 30.5 Å². The first kappa shape index (κ1) is 15.9. The Kier molecular flexibility index (Phi) is 5.41. The number of methoxy groups -OCH3 is 2. The zero-order chi connectivity index (χ0) is 15.9. The average Bonchev–Trinajstić information content (AvgIpc) is 2.55. The van der Waals surface area contributed by atoms with Gasteiger partial charge in [0.25, 0.3) is 0 Å². The predicted octanol–water partition coefficient (Wildman–Crippen LogP) is 3.45. The van der Waals surface area contributed by atoms with Crippen LogP contribution in [0.4, 0.5) is 17.5 Å². The van der Waals surface area contributed by atoms with Crippen LogP contribution in [0.5, 0.6) is 11.5 Å². The minimum atomic E-state index is 0.356. The van der Waals surface area contributed by atoms with Gasteiger partial charge >= 0.3 is 0 Å². The van der Waals surface area contributed by atoms with E-state index < -0.39 is 0 Å². The lowest BCUT2D eigenvalue weighted by molar-refractivity contribution is 0.405. The maximum absolute atomic E-state index is 5.34. The molecule has 6 heteroatoms. The fourth-order valence-corrected chi connectivity index (χ4v) is 1.89. The van der Waals surface area contributed by atoms with Gasteiger partial charge in [0.1, 0.15) is 17.3 Å². The highest BCUT2D eigenvalue weighted by atomic mass is 16.5. The van der Waals surface area contributed by atoms with Gasteiger partial charge in [0, 0.05) is 18.3 Å². The number of hydrogen-bond donors (Lipinski definition) is 2. The van der Waals surface area contributed by atoms with E-state index in [-0.39, 0.29) is 0 Å². The van der Waals surface area contributed by atoms with Crippen LogP contribution in [0.1, 0.15) is 20.3 Å². The monoisotopic (exact) mass is 302 g/mol. The van der Waals surface area contributed by atoms with E-state index in [4.69, 9.17) is 9.47 Å². The van der Waals surface area contributed by atoms with Gasteiger partial charge in [-0.3, -0.25) is 0 Å². The van der Waals surface area contributed by atoms with Crippen LogP contribution < -0.4 is 20.1 Å². The smallest absolute Gasteiger partial charge is 0.229 e. The summed E-state index contributed by atoms with van der Waals surface area (Å²) in [7, 11) is 3.24. The molecule has 6 nitrogen and oxygen atoms in total. The summed E-state index contributed by atoms with van der Waals surface area (Å²) in [5.74, 6) is 2.72. The number of hydrogen-bond acceptors (Lipinski definition) is 6. The molecule has 0 aliphatic rings. The van der Waals surface area contributed by atoms with Crippen molar-refractivity contribution < 1.29 is 9.47 Å². The van der Waals surface area contributed by atoms with Gasteiger partial charge in [-0.1, -0.05) is 6.92 Å². The van der Waals surface area contributed by atoms with Gasteiger partial charge in [0.05, 0.1) is 19.9 Å². The fourth-order valence-electron chi connectivity index (χ4n) is 1.89. The third-order valence-electron chi connectivity index (χ3n) is 3.32. The number of ether oxygens (including phenoxy) is 2. The molecule has 0 bridgehead atoms. The van der Waals surface area contributed by atoms with E-state index in [1.807, 2.05) is 24.3 Å². The summed E-state index contributed by atoms with van der Waals surface area (Å²) in [5, 5.41) is 6.48. The lowest BCUT2D eigenvalue weighted by atomic mass is 10.2. The van der Waals surface area contributed by atoms with Crippen molar-refractivity contribution in [2.24, 2.45) is 0 Å². The van der Waals surface area contributed by atoms with E-state index in [1.165, 1.54) is 0 Å². The van der Waals surface area contributed by atoms with Crippen molar-refractivity contribution in [2.45, 2.75) is 26.3 Å². The summed E-state index contributed by atoms with van der Waals surface area (Å²) in [6.07, 6.45) is 2.74. The Morgan fingerprint density at radius 2 is 2.00 bits per heavy atom. The number of nitrogens with one attached hydrogen (secondary N) is 2. The van der Waals surface area contributed by atoms with E-state index in [9.17, 15) is 0 Å². The number of aromatic nitrogens is 2. The Morgan fingerprint density at radius 1 is 1.18 bits per heavy atom. The standard InChI is InChI=1S/C16H22N4O2/c1-5-11(2)18-15-8-9-17-16(20-15)19-13-10-12(21-3)6-7-14(13)22-4/h6-11H,5H2,1-4H3,(H2,17,18,19,20). The highest BCUT2D eigenvalue weighted by molar-refractivity contribution is 5.65. The van der Waals surface area contributed by atoms with Crippen molar-refractivity contribution in [1.82, 2.24) is 9.97 Å². The quantitative estimate of drug-likeness (QED) is 0.816. The van der Waals surface area contributed by atoms with Crippen LogP contribution in [0.2, 0.25) is 0 Å². The molecule has 0 saturated heterocycles. The van der Waals surface area contributed by atoms with E-state index in [1.54, 1.807) is 20.4 Å². The molecule has 1 aromatic heterocycles. The zero-order valence-electron chi connectivity index (χ0n) is 13.4. The van der Waals surface area contributed by atoms with E-state index in [0.29, 0.717) is 17.7 Å². The van der Waals surface area contributed by atoms with Gasteiger partial charge in [-0.15, -0.1) is 0 Å². The molecule has 118 valence electrons. The summed E-state index contributed by atoms with van der Waals surface area (Å²) in [6.45, 7) is 4.24. The van der Waals surface area contributed by atoms with Crippen molar-refractivity contribution in [2.75, 3.05) is 24.9 Å². The van der Waals surface area contributed by atoms with Gasteiger partial charge in [-0.2, -0.15) is 4.98 Å². The minimum Gasteiger partial charge on any atom is -0.497 e. The lowest BCUT2D eigenvalue weighted by Gasteiger charge is -2.14. The molecule has 2 N–H and O–H groups in total. The summed E-state index contributed by atoms with van der Waals surface area (Å²) in [5.41, 5.74) is 0.752. The van der Waals surface area contributed by atoms with Crippen molar-refractivity contribution in [3.8, 4) is 11.5 Å².